The van der Waals surface area contributed by atoms with Gasteiger partial charge in [-0.25, -0.2) is 9.97 Å². The second-order valence-corrected chi connectivity index (χ2v) is 6.41. The monoisotopic (exact) mass is 359 g/mol. The summed E-state index contributed by atoms with van der Waals surface area (Å²) in [6, 6.07) is 1.79. The van der Waals surface area contributed by atoms with Crippen LogP contribution in [0.3, 0.4) is 0 Å². The second kappa shape index (κ2) is 5.69. The molecule has 2 aromatic rings. The van der Waals surface area contributed by atoms with Crippen molar-refractivity contribution in [1.29, 1.82) is 0 Å². The Labute approximate surface area is 130 Å². The van der Waals surface area contributed by atoms with Gasteiger partial charge in [-0.2, -0.15) is 0 Å². The highest BCUT2D eigenvalue weighted by Crippen LogP contribution is 2.20. The van der Waals surface area contributed by atoms with E-state index in [1.165, 1.54) is 0 Å². The maximum Gasteiger partial charge on any atom is 0.326 e. The number of ether oxygens (including phenoxy) is 1. The van der Waals surface area contributed by atoms with Gasteiger partial charge in [-0.1, -0.05) is 0 Å². The van der Waals surface area contributed by atoms with E-state index in [0.29, 0.717) is 10.4 Å². The SMILES string of the molecule is CC(C)(C)OC(=O)Cn1c(CCl)nc2cc(Br)ncc21. The summed E-state index contributed by atoms with van der Waals surface area (Å²) in [7, 11) is 0. The van der Waals surface area contributed by atoms with E-state index in [0.717, 1.165) is 11.0 Å². The number of halogens is 2. The highest BCUT2D eigenvalue weighted by molar-refractivity contribution is 9.10. The molecule has 0 radical (unpaired) electrons. The molecule has 0 saturated carbocycles. The minimum Gasteiger partial charge on any atom is -0.459 e. The third kappa shape index (κ3) is 3.49. The van der Waals surface area contributed by atoms with E-state index in [1.807, 2.05) is 20.8 Å². The van der Waals surface area contributed by atoms with E-state index in [2.05, 4.69) is 25.9 Å². The van der Waals surface area contributed by atoms with Crippen LogP contribution in [0.2, 0.25) is 0 Å². The molecule has 0 aliphatic heterocycles. The van der Waals surface area contributed by atoms with Crippen molar-refractivity contribution in [3.63, 3.8) is 0 Å². The number of esters is 1. The smallest absolute Gasteiger partial charge is 0.326 e. The second-order valence-electron chi connectivity index (χ2n) is 5.33. The van der Waals surface area contributed by atoms with Crippen LogP contribution in [-0.4, -0.2) is 26.1 Å². The molecule has 0 bridgehead atoms. The van der Waals surface area contributed by atoms with Gasteiger partial charge in [0.15, 0.2) is 0 Å². The fourth-order valence-corrected chi connectivity index (χ4v) is 2.35. The maximum atomic E-state index is 12.0. The number of carbonyl (C=O) groups excluding carboxylic acids is 1. The Hall–Kier alpha value is -1.14. The number of aromatic nitrogens is 3. The zero-order valence-corrected chi connectivity index (χ0v) is 13.8. The number of hydrogen-bond donors (Lipinski definition) is 0. The summed E-state index contributed by atoms with van der Waals surface area (Å²) in [5.74, 6) is 0.508. The Morgan fingerprint density at radius 3 is 2.80 bits per heavy atom. The Morgan fingerprint density at radius 2 is 2.20 bits per heavy atom. The highest BCUT2D eigenvalue weighted by Gasteiger charge is 2.19. The minimum absolute atomic E-state index is 0.0686. The predicted octanol–water partition coefficient (Wildman–Crippen LogP) is 3.27. The van der Waals surface area contributed by atoms with Crippen molar-refractivity contribution in [3.8, 4) is 0 Å². The quantitative estimate of drug-likeness (QED) is 0.479. The van der Waals surface area contributed by atoms with Crippen LogP contribution in [0.4, 0.5) is 0 Å². The van der Waals surface area contributed by atoms with Crippen LogP contribution in [0.25, 0.3) is 11.0 Å². The molecule has 0 atom stereocenters. The fraction of sp³-hybridized carbons (Fsp3) is 0.462. The first-order valence-corrected chi connectivity index (χ1v) is 7.41. The molecule has 2 aromatic heterocycles. The average Bonchev–Trinajstić information content (AvgIpc) is 2.64. The third-order valence-corrected chi connectivity index (χ3v) is 3.18. The van der Waals surface area contributed by atoms with E-state index in [-0.39, 0.29) is 18.4 Å². The van der Waals surface area contributed by atoms with Crippen LogP contribution in [0.5, 0.6) is 0 Å². The molecule has 0 unspecified atom stereocenters. The predicted molar refractivity (Wildman–Crippen MR) is 80.6 cm³/mol. The summed E-state index contributed by atoms with van der Waals surface area (Å²) in [6.45, 7) is 5.56. The summed E-state index contributed by atoms with van der Waals surface area (Å²) >= 11 is 9.19. The zero-order valence-electron chi connectivity index (χ0n) is 11.5. The number of nitrogens with zero attached hydrogens (tertiary/aromatic N) is 3. The first-order chi connectivity index (χ1) is 9.30. The van der Waals surface area contributed by atoms with E-state index in [1.54, 1.807) is 16.8 Å². The van der Waals surface area contributed by atoms with Gasteiger partial charge in [-0.3, -0.25) is 4.79 Å². The molecule has 108 valence electrons. The van der Waals surface area contributed by atoms with Crippen LogP contribution in [0, 0.1) is 0 Å². The summed E-state index contributed by atoms with van der Waals surface area (Å²) in [5, 5.41) is 0. The highest BCUT2D eigenvalue weighted by atomic mass is 79.9. The fourth-order valence-electron chi connectivity index (χ4n) is 1.83. The topological polar surface area (TPSA) is 57.0 Å². The Morgan fingerprint density at radius 1 is 1.50 bits per heavy atom. The van der Waals surface area contributed by atoms with Crippen LogP contribution in [0.1, 0.15) is 26.6 Å². The first-order valence-electron chi connectivity index (χ1n) is 6.08. The Kier molecular flexibility index (Phi) is 4.34. The molecule has 20 heavy (non-hydrogen) atoms. The molecule has 0 saturated heterocycles. The maximum absolute atomic E-state index is 12.0. The molecule has 0 fully saturated rings. The van der Waals surface area contributed by atoms with Gasteiger partial charge in [-0.15, -0.1) is 11.6 Å². The third-order valence-electron chi connectivity index (χ3n) is 2.51. The lowest BCUT2D eigenvalue weighted by atomic mass is 10.2. The molecule has 0 aromatic carbocycles. The summed E-state index contributed by atoms with van der Waals surface area (Å²) < 4.78 is 7.74. The first kappa shape index (κ1) is 15.3. The van der Waals surface area contributed by atoms with Gasteiger partial charge in [0.2, 0.25) is 0 Å². The lowest BCUT2D eigenvalue weighted by molar-refractivity contribution is -0.155. The van der Waals surface area contributed by atoms with Gasteiger partial charge < -0.3 is 9.30 Å². The van der Waals surface area contributed by atoms with Crippen molar-refractivity contribution in [2.75, 3.05) is 0 Å². The number of rotatable bonds is 3. The van der Waals surface area contributed by atoms with Gasteiger partial charge in [-0.05, 0) is 42.8 Å². The minimum atomic E-state index is -0.518. The van der Waals surface area contributed by atoms with Crippen LogP contribution >= 0.6 is 27.5 Å². The van der Waals surface area contributed by atoms with E-state index in [4.69, 9.17) is 16.3 Å². The van der Waals surface area contributed by atoms with Crippen LogP contribution in [-0.2, 0) is 22.0 Å². The van der Waals surface area contributed by atoms with Gasteiger partial charge in [0.25, 0.3) is 0 Å². The van der Waals surface area contributed by atoms with Crippen LogP contribution < -0.4 is 0 Å². The molecule has 0 aliphatic rings. The standard InChI is InChI=1S/C13H15BrClN3O2/c1-13(2,3)20-12(19)7-18-9-6-16-10(14)4-8(9)17-11(18)5-15/h4,6H,5,7H2,1-3H3. The lowest BCUT2D eigenvalue weighted by Crippen LogP contribution is -2.27. The average molecular weight is 361 g/mol. The number of alkyl halides is 1. The van der Waals surface area contributed by atoms with Crippen molar-refractivity contribution in [3.05, 3.63) is 22.7 Å². The number of hydrogen-bond acceptors (Lipinski definition) is 4. The van der Waals surface area contributed by atoms with Crippen molar-refractivity contribution in [1.82, 2.24) is 14.5 Å². The number of pyridine rings is 1. The summed E-state index contributed by atoms with van der Waals surface area (Å²) in [4.78, 5) is 20.5. The van der Waals surface area contributed by atoms with Crippen LogP contribution in [0.15, 0.2) is 16.9 Å². The van der Waals surface area contributed by atoms with Gasteiger partial charge in [0.05, 0.1) is 23.1 Å². The Balaban J connectivity index is 2.35. The normalized spacial score (nSPS) is 11.8. The van der Waals surface area contributed by atoms with Crippen molar-refractivity contribution in [2.45, 2.75) is 38.8 Å². The Bertz CT molecular complexity index is 649. The van der Waals surface area contributed by atoms with Gasteiger partial charge >= 0.3 is 5.97 Å². The van der Waals surface area contributed by atoms with E-state index < -0.39 is 5.60 Å². The number of carbonyl (C=O) groups is 1. The molecule has 0 spiro atoms. The molecular formula is C13H15BrClN3O2. The molecule has 2 rings (SSSR count). The summed E-state index contributed by atoms with van der Waals surface area (Å²) in [6.07, 6.45) is 1.66. The van der Waals surface area contributed by atoms with E-state index in [9.17, 15) is 4.79 Å². The molecule has 2 heterocycles. The van der Waals surface area contributed by atoms with E-state index >= 15 is 0 Å². The number of imidazole rings is 1. The zero-order chi connectivity index (χ0) is 14.9. The lowest BCUT2D eigenvalue weighted by Gasteiger charge is -2.20. The molecule has 5 nitrogen and oxygen atoms in total. The van der Waals surface area contributed by atoms with Crippen molar-refractivity contribution in [2.24, 2.45) is 0 Å². The summed E-state index contributed by atoms with van der Waals surface area (Å²) in [5.41, 5.74) is 0.983. The molecule has 0 N–H and O–H groups in total. The number of fused-ring (bicyclic) bond motifs is 1. The van der Waals surface area contributed by atoms with Gasteiger partial charge in [0, 0.05) is 0 Å². The molecule has 0 amide bonds. The van der Waals surface area contributed by atoms with Crippen molar-refractivity contribution >= 4 is 44.5 Å². The van der Waals surface area contributed by atoms with Crippen molar-refractivity contribution < 1.29 is 9.53 Å². The molecule has 0 aliphatic carbocycles. The van der Waals surface area contributed by atoms with Gasteiger partial charge in [0.1, 0.15) is 22.6 Å². The molecular weight excluding hydrogens is 346 g/mol. The largest absolute Gasteiger partial charge is 0.459 e. The molecule has 7 heteroatoms.